The second kappa shape index (κ2) is 12.7. The number of hydrogen-bond acceptors (Lipinski definition) is 9. The van der Waals surface area contributed by atoms with Crippen molar-refractivity contribution in [1.82, 2.24) is 9.55 Å². The number of hydrogen-bond donors (Lipinski definition) is 1. The Kier molecular flexibility index (Phi) is 9.05. The Bertz CT molecular complexity index is 1880. The van der Waals surface area contributed by atoms with Crippen LogP contribution in [0.5, 0.6) is 11.5 Å². The summed E-state index contributed by atoms with van der Waals surface area (Å²) in [6.07, 6.45) is 0.819. The molecule has 3 heterocycles. The van der Waals surface area contributed by atoms with Gasteiger partial charge in [-0.25, -0.2) is 0 Å². The first kappa shape index (κ1) is 33.5. The van der Waals surface area contributed by atoms with Crippen molar-refractivity contribution >= 4 is 45.7 Å². The summed E-state index contributed by atoms with van der Waals surface area (Å²) in [5, 5.41) is 1.25. The molecule has 0 fully saturated rings. The monoisotopic (exact) mass is 644 g/mol. The molecule has 47 heavy (non-hydrogen) atoms. The van der Waals surface area contributed by atoms with Crippen molar-refractivity contribution in [3.8, 4) is 22.9 Å². The van der Waals surface area contributed by atoms with Crippen LogP contribution in [0.1, 0.15) is 61.6 Å². The van der Waals surface area contributed by atoms with Crippen LogP contribution in [-0.4, -0.2) is 52.2 Å². The van der Waals surface area contributed by atoms with Gasteiger partial charge < -0.3 is 33.2 Å². The summed E-state index contributed by atoms with van der Waals surface area (Å²) < 4.78 is 31.4. The Morgan fingerprint density at radius 2 is 1.38 bits per heavy atom. The Labute approximate surface area is 272 Å². The number of carbonyl (C=O) groups is 4. The average molecular weight is 645 g/mol. The van der Waals surface area contributed by atoms with Gasteiger partial charge in [0.1, 0.15) is 30.2 Å². The van der Waals surface area contributed by atoms with Gasteiger partial charge in [-0.3, -0.25) is 19.2 Å². The third-order valence-electron chi connectivity index (χ3n) is 7.53. The predicted molar refractivity (Wildman–Crippen MR) is 175 cm³/mol. The van der Waals surface area contributed by atoms with Crippen LogP contribution in [-0.2, 0) is 33.4 Å². The molecule has 1 aliphatic heterocycles. The fraction of sp³-hybridized carbons (Fsp3) is 0.389. The molecule has 11 nitrogen and oxygen atoms in total. The molecule has 4 aromatic rings. The molecule has 0 amide bonds. The number of rotatable bonds is 7. The summed E-state index contributed by atoms with van der Waals surface area (Å²) in [5.41, 5.74) is 0.408. The molecule has 0 spiro atoms. The molecule has 0 bridgehead atoms. The molecule has 3 atom stereocenters. The van der Waals surface area contributed by atoms with Gasteiger partial charge in [-0.2, -0.15) is 0 Å². The largest absolute Gasteiger partial charge is 0.463 e. The van der Waals surface area contributed by atoms with Gasteiger partial charge in [0.15, 0.2) is 17.7 Å². The summed E-state index contributed by atoms with van der Waals surface area (Å²) in [5.74, 6) is -1.50. The summed E-state index contributed by atoms with van der Waals surface area (Å²) in [6, 6.07) is 14.7. The van der Waals surface area contributed by atoms with E-state index in [4.69, 9.17) is 23.7 Å². The van der Waals surface area contributed by atoms with E-state index in [2.05, 4.69) is 4.98 Å². The highest BCUT2D eigenvalue weighted by molar-refractivity contribution is 6.03. The topological polar surface area (TPSA) is 135 Å². The smallest absolute Gasteiger partial charge is 0.316 e. The quantitative estimate of drug-likeness (QED) is 0.173. The van der Waals surface area contributed by atoms with Crippen molar-refractivity contribution in [3.63, 3.8) is 0 Å². The molecule has 0 saturated heterocycles. The first-order chi connectivity index (χ1) is 22.1. The van der Waals surface area contributed by atoms with Crippen LogP contribution in [0.25, 0.3) is 33.2 Å². The van der Waals surface area contributed by atoms with Gasteiger partial charge in [-0.05, 0) is 78.0 Å². The zero-order valence-corrected chi connectivity index (χ0v) is 27.8. The molecule has 0 radical (unpaired) electrons. The van der Waals surface area contributed by atoms with Crippen LogP contribution in [0.3, 0.4) is 0 Å². The lowest BCUT2D eigenvalue weighted by molar-refractivity contribution is -0.167. The molecule has 0 unspecified atom stereocenters. The van der Waals surface area contributed by atoms with Crippen molar-refractivity contribution in [2.24, 2.45) is 10.8 Å². The first-order valence-electron chi connectivity index (χ1n) is 15.4. The highest BCUT2D eigenvalue weighted by Crippen LogP contribution is 2.49. The normalized spacial score (nSPS) is 18.3. The molecule has 0 aliphatic carbocycles. The summed E-state index contributed by atoms with van der Waals surface area (Å²) >= 11 is 0. The van der Waals surface area contributed by atoms with Crippen molar-refractivity contribution in [3.05, 3.63) is 60.7 Å². The van der Waals surface area contributed by atoms with Gasteiger partial charge in [0.2, 0.25) is 0 Å². The highest BCUT2D eigenvalue weighted by atomic mass is 16.6. The summed E-state index contributed by atoms with van der Waals surface area (Å²) in [7, 11) is 0. The van der Waals surface area contributed by atoms with Crippen LogP contribution in [0.15, 0.2) is 60.7 Å². The Hall–Kier alpha value is -4.90. The second-order valence-electron chi connectivity index (χ2n) is 13.5. The maximum atomic E-state index is 13.5. The molecule has 11 heteroatoms. The van der Waals surface area contributed by atoms with Crippen molar-refractivity contribution in [2.75, 3.05) is 6.61 Å². The lowest BCUT2D eigenvalue weighted by Crippen LogP contribution is -2.40. The van der Waals surface area contributed by atoms with Crippen LogP contribution in [0.2, 0.25) is 0 Å². The van der Waals surface area contributed by atoms with Crippen LogP contribution < -0.4 is 9.47 Å². The number of carbonyl (C=O) groups excluding carboxylic acids is 4. The third kappa shape index (κ3) is 6.95. The predicted octanol–water partition coefficient (Wildman–Crippen LogP) is 6.64. The second-order valence-corrected chi connectivity index (χ2v) is 13.5. The fourth-order valence-electron chi connectivity index (χ4n) is 5.13. The number of para-hydroxylation sites is 2. The molecule has 1 N–H and O–H groups in total. The molecule has 2 aromatic carbocycles. The highest BCUT2D eigenvalue weighted by Gasteiger charge is 2.37. The zero-order valence-electron chi connectivity index (χ0n) is 27.8. The number of nitrogens with one attached hydrogen (secondary N) is 1. The number of ether oxygens (including phenoxy) is 5. The van der Waals surface area contributed by atoms with E-state index < -0.39 is 53.1 Å². The van der Waals surface area contributed by atoms with E-state index in [-0.39, 0.29) is 18.1 Å². The molecular weight excluding hydrogens is 604 g/mol. The van der Waals surface area contributed by atoms with Gasteiger partial charge >= 0.3 is 23.9 Å². The average Bonchev–Trinajstić information content (AvgIpc) is 3.50. The minimum Gasteiger partial charge on any atom is -0.463 e. The number of nitrogens with zero attached hydrogens (tertiary/aromatic N) is 1. The van der Waals surface area contributed by atoms with Crippen molar-refractivity contribution in [2.45, 2.75) is 73.8 Å². The van der Waals surface area contributed by atoms with Crippen LogP contribution in [0.4, 0.5) is 0 Å². The van der Waals surface area contributed by atoms with E-state index in [1.54, 1.807) is 53.7 Å². The fourth-order valence-corrected chi connectivity index (χ4v) is 5.13. The summed E-state index contributed by atoms with van der Waals surface area (Å²) in [4.78, 5) is 53.9. The SMILES string of the molecule is CC(=O)OC[C@H]1O[C@H](n2c(-c3[nH]c4ccccc4c3OC(=O)C(C)(C)C)c(OC(=O)C(C)(C)C)c3ccccc32)C=C[C@@H]1OC(C)=O. The van der Waals surface area contributed by atoms with Gasteiger partial charge in [0.05, 0.1) is 16.3 Å². The van der Waals surface area contributed by atoms with Crippen molar-refractivity contribution in [1.29, 1.82) is 0 Å². The number of esters is 4. The van der Waals surface area contributed by atoms with Gasteiger partial charge in [-0.15, -0.1) is 0 Å². The van der Waals surface area contributed by atoms with E-state index in [1.165, 1.54) is 13.8 Å². The molecular formula is C36H40N2O9. The van der Waals surface area contributed by atoms with Crippen molar-refractivity contribution < 1.29 is 42.9 Å². The van der Waals surface area contributed by atoms with Crippen LogP contribution >= 0.6 is 0 Å². The van der Waals surface area contributed by atoms with Gasteiger partial charge in [0, 0.05) is 30.1 Å². The Balaban J connectivity index is 1.80. The minimum absolute atomic E-state index is 0.185. The molecule has 2 aromatic heterocycles. The zero-order chi connectivity index (χ0) is 34.3. The number of fused-ring (bicyclic) bond motifs is 2. The maximum absolute atomic E-state index is 13.5. The first-order valence-corrected chi connectivity index (χ1v) is 15.4. The maximum Gasteiger partial charge on any atom is 0.316 e. The van der Waals surface area contributed by atoms with E-state index in [0.717, 1.165) is 0 Å². The lowest BCUT2D eigenvalue weighted by Gasteiger charge is -2.33. The lowest BCUT2D eigenvalue weighted by atomic mass is 9.97. The number of benzene rings is 2. The Morgan fingerprint density at radius 1 is 0.787 bits per heavy atom. The van der Waals surface area contributed by atoms with E-state index in [9.17, 15) is 19.2 Å². The van der Waals surface area contributed by atoms with Gasteiger partial charge in [-0.1, -0.05) is 24.3 Å². The van der Waals surface area contributed by atoms with E-state index >= 15 is 0 Å². The molecule has 0 saturated carbocycles. The van der Waals surface area contributed by atoms with E-state index in [0.29, 0.717) is 33.2 Å². The number of aromatic amines is 1. The summed E-state index contributed by atoms with van der Waals surface area (Å²) in [6.45, 7) is 12.9. The van der Waals surface area contributed by atoms with Gasteiger partial charge in [0.25, 0.3) is 0 Å². The number of aromatic nitrogens is 2. The molecule has 5 rings (SSSR count). The third-order valence-corrected chi connectivity index (χ3v) is 7.53. The molecule has 1 aliphatic rings. The standard InChI is InChI=1S/C36H40N2O9/c1-20(39)43-19-27-26(44-21(2)40)17-18-28(45-27)38-25-16-12-10-14-23(25)32(47-34(42)36(6,7)8)30(38)29-31(46-33(41)35(3,4)5)22-13-9-11-15-24(22)37-29/h9-18,26-28,37H,19H2,1-8H3/t26-,27+,28-/m0/s1. The minimum atomic E-state index is -0.873. The van der Waals surface area contributed by atoms with Crippen LogP contribution in [0, 0.1) is 10.8 Å². The van der Waals surface area contributed by atoms with E-state index in [1.807, 2.05) is 53.1 Å². The Morgan fingerprint density at radius 3 is 2.00 bits per heavy atom. The molecule has 248 valence electrons. The number of H-pyrrole nitrogens is 1.